The van der Waals surface area contributed by atoms with Crippen LogP contribution < -0.4 is 10.5 Å². The van der Waals surface area contributed by atoms with Crippen LogP contribution in [-0.2, 0) is 0 Å². The van der Waals surface area contributed by atoms with Gasteiger partial charge in [0.25, 0.3) is 0 Å². The van der Waals surface area contributed by atoms with Gasteiger partial charge in [0.15, 0.2) is 11.6 Å². The molecule has 21 heavy (non-hydrogen) atoms. The van der Waals surface area contributed by atoms with Crippen LogP contribution in [0.3, 0.4) is 0 Å². The van der Waals surface area contributed by atoms with Gasteiger partial charge in [-0.05, 0) is 49.3 Å². The maximum absolute atomic E-state index is 13.8. The van der Waals surface area contributed by atoms with Crippen molar-refractivity contribution in [1.29, 1.82) is 0 Å². The highest BCUT2D eigenvalue weighted by molar-refractivity contribution is 5.24. The largest absolute Gasteiger partial charge is 0.487 e. The minimum absolute atomic E-state index is 0.0245. The molecule has 3 heteroatoms. The first-order chi connectivity index (χ1) is 9.97. The Balaban J connectivity index is 2.12. The van der Waals surface area contributed by atoms with E-state index in [2.05, 4.69) is 20.8 Å². The summed E-state index contributed by atoms with van der Waals surface area (Å²) < 4.78 is 19.8. The molecular formula is C18H28FNO. The van der Waals surface area contributed by atoms with Crippen LogP contribution >= 0.6 is 0 Å². The number of halogens is 1. The number of benzene rings is 1. The molecule has 0 bridgehead atoms. The topological polar surface area (TPSA) is 35.2 Å². The zero-order valence-electron chi connectivity index (χ0n) is 13.4. The first-order valence-corrected chi connectivity index (χ1v) is 8.09. The lowest BCUT2D eigenvalue weighted by molar-refractivity contribution is 0.0238. The fourth-order valence-electron chi connectivity index (χ4n) is 3.31. The van der Waals surface area contributed by atoms with E-state index in [1.807, 2.05) is 6.07 Å². The summed E-state index contributed by atoms with van der Waals surface area (Å²) in [5.41, 5.74) is 6.20. The van der Waals surface area contributed by atoms with Crippen LogP contribution in [0.4, 0.5) is 4.39 Å². The molecule has 0 aromatic heterocycles. The Kier molecular flexibility index (Phi) is 5.26. The number of hydrogen-bond donors (Lipinski definition) is 1. The Hall–Kier alpha value is -1.09. The molecule has 2 rings (SSSR count). The maximum atomic E-state index is 13.8. The maximum Gasteiger partial charge on any atom is 0.165 e. The standard InChI is InChI=1S/C18H28FNO/c1-4-18(2,3)14-10-9-13(12-20)17(11-14)21-16-8-6-5-7-15(16)19/h5-8,13-14,17H,4,9-12,20H2,1-3H3. The van der Waals surface area contributed by atoms with E-state index in [1.165, 1.54) is 12.5 Å². The smallest absolute Gasteiger partial charge is 0.165 e. The van der Waals surface area contributed by atoms with Crippen LogP contribution in [-0.4, -0.2) is 12.6 Å². The molecule has 2 N–H and O–H groups in total. The highest BCUT2D eigenvalue weighted by atomic mass is 19.1. The third-order valence-corrected chi connectivity index (χ3v) is 5.36. The van der Waals surface area contributed by atoms with Gasteiger partial charge in [0.1, 0.15) is 6.10 Å². The van der Waals surface area contributed by atoms with Crippen LogP contribution in [0.1, 0.15) is 46.5 Å². The molecule has 0 saturated heterocycles. The minimum Gasteiger partial charge on any atom is -0.487 e. The molecule has 3 unspecified atom stereocenters. The number of nitrogens with two attached hydrogens (primary N) is 1. The van der Waals surface area contributed by atoms with Gasteiger partial charge < -0.3 is 10.5 Å². The molecular weight excluding hydrogens is 265 g/mol. The zero-order valence-corrected chi connectivity index (χ0v) is 13.4. The molecule has 0 amide bonds. The fraction of sp³-hybridized carbons (Fsp3) is 0.667. The monoisotopic (exact) mass is 293 g/mol. The molecule has 1 saturated carbocycles. The lowest BCUT2D eigenvalue weighted by Gasteiger charge is -2.42. The van der Waals surface area contributed by atoms with Gasteiger partial charge in [-0.2, -0.15) is 0 Å². The van der Waals surface area contributed by atoms with Crippen LogP contribution in [0.2, 0.25) is 0 Å². The molecule has 1 aliphatic rings. The van der Waals surface area contributed by atoms with E-state index in [9.17, 15) is 4.39 Å². The number of rotatable bonds is 5. The lowest BCUT2D eigenvalue weighted by atomic mass is 9.66. The lowest BCUT2D eigenvalue weighted by Crippen LogP contribution is -2.42. The summed E-state index contributed by atoms with van der Waals surface area (Å²) >= 11 is 0. The molecule has 0 radical (unpaired) electrons. The van der Waals surface area contributed by atoms with E-state index in [1.54, 1.807) is 12.1 Å². The average molecular weight is 293 g/mol. The van der Waals surface area contributed by atoms with E-state index in [-0.39, 0.29) is 11.9 Å². The van der Waals surface area contributed by atoms with Crippen molar-refractivity contribution in [2.24, 2.45) is 23.0 Å². The van der Waals surface area contributed by atoms with Crippen molar-refractivity contribution < 1.29 is 9.13 Å². The van der Waals surface area contributed by atoms with E-state index in [4.69, 9.17) is 10.5 Å². The Labute approximate surface area is 127 Å². The predicted octanol–water partition coefficient (Wildman–Crippen LogP) is 4.38. The summed E-state index contributed by atoms with van der Waals surface area (Å²) in [6.45, 7) is 7.49. The van der Waals surface area contributed by atoms with Crippen molar-refractivity contribution in [2.75, 3.05) is 6.54 Å². The van der Waals surface area contributed by atoms with Gasteiger partial charge in [-0.3, -0.25) is 0 Å². The van der Waals surface area contributed by atoms with Gasteiger partial charge in [-0.25, -0.2) is 4.39 Å². The molecule has 1 aliphatic carbocycles. The molecule has 0 aliphatic heterocycles. The predicted molar refractivity (Wildman–Crippen MR) is 84.8 cm³/mol. The van der Waals surface area contributed by atoms with Crippen molar-refractivity contribution in [3.63, 3.8) is 0 Å². The molecule has 2 nitrogen and oxygen atoms in total. The molecule has 0 spiro atoms. The third-order valence-electron chi connectivity index (χ3n) is 5.36. The highest BCUT2D eigenvalue weighted by Crippen LogP contribution is 2.43. The summed E-state index contributed by atoms with van der Waals surface area (Å²) in [5.74, 6) is 1.01. The summed E-state index contributed by atoms with van der Waals surface area (Å²) in [6, 6.07) is 6.65. The summed E-state index contributed by atoms with van der Waals surface area (Å²) in [6.07, 6.45) is 4.41. The number of ether oxygens (including phenoxy) is 1. The average Bonchev–Trinajstić information content (AvgIpc) is 2.49. The first kappa shape index (κ1) is 16.3. The normalized spacial score (nSPS) is 26.6. The van der Waals surface area contributed by atoms with Crippen LogP contribution in [0.25, 0.3) is 0 Å². The second-order valence-electron chi connectivity index (χ2n) is 6.93. The van der Waals surface area contributed by atoms with E-state index < -0.39 is 0 Å². The highest BCUT2D eigenvalue weighted by Gasteiger charge is 2.38. The zero-order chi connectivity index (χ0) is 15.5. The first-order valence-electron chi connectivity index (χ1n) is 8.09. The fourth-order valence-corrected chi connectivity index (χ4v) is 3.31. The SMILES string of the molecule is CCC(C)(C)C1CCC(CN)C(Oc2ccccc2F)C1. The van der Waals surface area contributed by atoms with Crippen molar-refractivity contribution in [1.82, 2.24) is 0 Å². The number of para-hydroxylation sites is 1. The van der Waals surface area contributed by atoms with E-state index >= 15 is 0 Å². The molecule has 118 valence electrons. The molecule has 1 fully saturated rings. The summed E-state index contributed by atoms with van der Waals surface area (Å²) in [4.78, 5) is 0. The summed E-state index contributed by atoms with van der Waals surface area (Å²) in [5, 5.41) is 0. The molecule has 1 aromatic carbocycles. The van der Waals surface area contributed by atoms with E-state index in [0.29, 0.717) is 29.5 Å². The van der Waals surface area contributed by atoms with E-state index in [0.717, 1.165) is 19.3 Å². The van der Waals surface area contributed by atoms with Crippen LogP contribution in [0.5, 0.6) is 5.75 Å². The Morgan fingerprint density at radius 1 is 1.29 bits per heavy atom. The molecule has 1 aromatic rings. The van der Waals surface area contributed by atoms with Gasteiger partial charge in [0.05, 0.1) is 0 Å². The Bertz CT molecular complexity index is 460. The van der Waals surface area contributed by atoms with Crippen molar-refractivity contribution in [3.05, 3.63) is 30.1 Å². The summed E-state index contributed by atoms with van der Waals surface area (Å²) in [7, 11) is 0. The van der Waals surface area contributed by atoms with Gasteiger partial charge in [0.2, 0.25) is 0 Å². The van der Waals surface area contributed by atoms with Gasteiger partial charge >= 0.3 is 0 Å². The van der Waals surface area contributed by atoms with Crippen LogP contribution in [0.15, 0.2) is 24.3 Å². The Morgan fingerprint density at radius 2 is 2.00 bits per heavy atom. The molecule has 0 heterocycles. The van der Waals surface area contributed by atoms with Gasteiger partial charge in [-0.1, -0.05) is 39.3 Å². The van der Waals surface area contributed by atoms with Crippen molar-refractivity contribution in [2.45, 2.75) is 52.6 Å². The third kappa shape index (κ3) is 3.76. The molecule has 3 atom stereocenters. The second kappa shape index (κ2) is 6.78. The number of hydrogen-bond acceptors (Lipinski definition) is 2. The van der Waals surface area contributed by atoms with Crippen molar-refractivity contribution in [3.8, 4) is 5.75 Å². The minimum atomic E-state index is -0.287. The second-order valence-corrected chi connectivity index (χ2v) is 6.93. The van der Waals surface area contributed by atoms with Crippen molar-refractivity contribution >= 4 is 0 Å². The van der Waals surface area contributed by atoms with Gasteiger partial charge in [0, 0.05) is 5.92 Å². The van der Waals surface area contributed by atoms with Crippen LogP contribution in [0, 0.1) is 23.1 Å². The Morgan fingerprint density at radius 3 is 2.62 bits per heavy atom. The van der Waals surface area contributed by atoms with Gasteiger partial charge in [-0.15, -0.1) is 0 Å². The quantitative estimate of drug-likeness (QED) is 0.874.